The number of hydrogen-bond acceptors (Lipinski definition) is 6. The summed E-state index contributed by atoms with van der Waals surface area (Å²) in [4.78, 5) is 22.6. The Kier molecular flexibility index (Phi) is 6.54. The van der Waals surface area contributed by atoms with Crippen molar-refractivity contribution in [3.8, 4) is 28.4 Å². The van der Waals surface area contributed by atoms with Gasteiger partial charge in [0.1, 0.15) is 30.5 Å². The van der Waals surface area contributed by atoms with Gasteiger partial charge < -0.3 is 30.0 Å². The predicted octanol–water partition coefficient (Wildman–Crippen LogP) is 5.12. The fraction of sp³-hybridized carbons (Fsp3) is 0.355. The van der Waals surface area contributed by atoms with Gasteiger partial charge in [-0.1, -0.05) is 24.3 Å². The van der Waals surface area contributed by atoms with Crippen molar-refractivity contribution in [1.29, 1.82) is 0 Å². The molecule has 0 spiro atoms. The average Bonchev–Trinajstić information content (AvgIpc) is 3.61. The number of carbonyl (C=O) groups is 2. The number of nitrogens with one attached hydrogen (secondary N) is 2. The lowest BCUT2D eigenvalue weighted by Crippen LogP contribution is -2.30. The number of benzene rings is 3. The van der Waals surface area contributed by atoms with Crippen LogP contribution in [0.4, 0.5) is 5.69 Å². The van der Waals surface area contributed by atoms with E-state index in [1.807, 2.05) is 30.3 Å². The number of fused-ring (bicyclic) bond motifs is 2. The van der Waals surface area contributed by atoms with Crippen molar-refractivity contribution in [2.24, 2.45) is 0 Å². The first-order valence-corrected chi connectivity index (χ1v) is 13.4. The number of carboxylic acid groups (broad SMARTS) is 1. The van der Waals surface area contributed by atoms with Gasteiger partial charge in [0.05, 0.1) is 25.1 Å². The van der Waals surface area contributed by atoms with Crippen LogP contribution in [-0.4, -0.2) is 42.8 Å². The SMILES string of the molecule is Cc1cc(OC[C@@H]2CCC(=O)N2)cc(C)c1-c1cccc2c1OC[C@H]2Nc1ccc2c(c1)OC[C@H]2CC(=O)O. The summed E-state index contributed by atoms with van der Waals surface area (Å²) >= 11 is 0. The van der Waals surface area contributed by atoms with Crippen molar-refractivity contribution in [3.63, 3.8) is 0 Å². The number of hydrogen-bond donors (Lipinski definition) is 3. The van der Waals surface area contributed by atoms with Crippen molar-refractivity contribution in [3.05, 3.63) is 70.8 Å². The quantitative estimate of drug-likeness (QED) is 0.372. The summed E-state index contributed by atoms with van der Waals surface area (Å²) in [6.07, 6.45) is 1.44. The molecule has 0 saturated carbocycles. The highest BCUT2D eigenvalue weighted by Gasteiger charge is 2.30. The summed E-state index contributed by atoms with van der Waals surface area (Å²) in [5, 5.41) is 15.7. The normalized spacial score (nSPS) is 21.0. The minimum Gasteiger partial charge on any atom is -0.493 e. The topological polar surface area (TPSA) is 106 Å². The molecule has 0 aliphatic carbocycles. The zero-order valence-corrected chi connectivity index (χ0v) is 22.1. The molecule has 3 aromatic rings. The van der Waals surface area contributed by atoms with Gasteiger partial charge in [-0.3, -0.25) is 9.59 Å². The molecule has 0 radical (unpaired) electrons. The summed E-state index contributed by atoms with van der Waals surface area (Å²) in [5.41, 5.74) is 7.32. The maximum atomic E-state index is 11.5. The number of para-hydroxylation sites is 1. The third-order valence-corrected chi connectivity index (χ3v) is 7.78. The lowest BCUT2D eigenvalue weighted by Gasteiger charge is -2.18. The molecule has 1 saturated heterocycles. The molecular formula is C31H32N2O6. The Morgan fingerprint density at radius 2 is 1.90 bits per heavy atom. The van der Waals surface area contributed by atoms with E-state index >= 15 is 0 Å². The Balaban J connectivity index is 1.20. The highest BCUT2D eigenvalue weighted by Crippen LogP contribution is 2.45. The van der Waals surface area contributed by atoms with Crippen molar-refractivity contribution in [2.45, 2.75) is 51.1 Å². The Bertz CT molecular complexity index is 1430. The maximum absolute atomic E-state index is 11.5. The number of amides is 1. The van der Waals surface area contributed by atoms with Crippen LogP contribution < -0.4 is 24.8 Å². The molecule has 202 valence electrons. The molecule has 8 nitrogen and oxygen atoms in total. The smallest absolute Gasteiger partial charge is 0.304 e. The number of carbonyl (C=O) groups excluding carboxylic acids is 1. The Labute approximate surface area is 227 Å². The van der Waals surface area contributed by atoms with Crippen LogP contribution in [0.3, 0.4) is 0 Å². The highest BCUT2D eigenvalue weighted by atomic mass is 16.5. The van der Waals surface area contributed by atoms with E-state index in [9.17, 15) is 9.59 Å². The van der Waals surface area contributed by atoms with E-state index in [1.165, 1.54) is 0 Å². The van der Waals surface area contributed by atoms with Crippen LogP contribution in [0.5, 0.6) is 17.2 Å². The van der Waals surface area contributed by atoms with Crippen molar-refractivity contribution in [2.75, 3.05) is 25.1 Å². The molecule has 3 aliphatic heterocycles. The van der Waals surface area contributed by atoms with Gasteiger partial charge >= 0.3 is 5.97 Å². The molecular weight excluding hydrogens is 496 g/mol. The zero-order chi connectivity index (χ0) is 27.1. The Hall–Kier alpha value is -4.20. The van der Waals surface area contributed by atoms with Gasteiger partial charge in [-0.25, -0.2) is 0 Å². The second kappa shape index (κ2) is 10.2. The van der Waals surface area contributed by atoms with E-state index in [1.54, 1.807) is 0 Å². The maximum Gasteiger partial charge on any atom is 0.304 e. The number of carboxylic acids is 1. The minimum absolute atomic E-state index is 0.0286. The molecule has 0 unspecified atom stereocenters. The second-order valence-electron chi connectivity index (χ2n) is 10.6. The van der Waals surface area contributed by atoms with Crippen LogP contribution in [-0.2, 0) is 9.59 Å². The molecule has 0 bridgehead atoms. The minimum atomic E-state index is -0.819. The van der Waals surface area contributed by atoms with Crippen LogP contribution in [0.15, 0.2) is 48.5 Å². The number of ether oxygens (including phenoxy) is 3. The molecule has 1 fully saturated rings. The number of aryl methyl sites for hydroxylation is 2. The van der Waals surface area contributed by atoms with Crippen LogP contribution in [0.25, 0.3) is 11.1 Å². The molecule has 3 N–H and O–H groups in total. The van der Waals surface area contributed by atoms with Crippen molar-refractivity contribution >= 4 is 17.6 Å². The second-order valence-corrected chi connectivity index (χ2v) is 10.6. The molecule has 1 amide bonds. The number of rotatable bonds is 8. The first kappa shape index (κ1) is 25.1. The fourth-order valence-corrected chi connectivity index (χ4v) is 5.94. The lowest BCUT2D eigenvalue weighted by atomic mass is 9.92. The first-order chi connectivity index (χ1) is 18.9. The van der Waals surface area contributed by atoms with Crippen LogP contribution in [0, 0.1) is 13.8 Å². The van der Waals surface area contributed by atoms with Crippen molar-refractivity contribution in [1.82, 2.24) is 5.32 Å². The first-order valence-electron chi connectivity index (χ1n) is 13.4. The van der Waals surface area contributed by atoms with Crippen LogP contribution >= 0.6 is 0 Å². The third kappa shape index (κ3) is 4.99. The summed E-state index contributed by atoms with van der Waals surface area (Å²) in [6.45, 7) is 5.52. The van der Waals surface area contributed by atoms with Gasteiger partial charge in [0.25, 0.3) is 0 Å². The van der Waals surface area contributed by atoms with E-state index in [0.29, 0.717) is 26.2 Å². The van der Waals surface area contributed by atoms with E-state index < -0.39 is 5.97 Å². The largest absolute Gasteiger partial charge is 0.493 e. The van der Waals surface area contributed by atoms with Gasteiger partial charge in [-0.15, -0.1) is 0 Å². The average molecular weight is 529 g/mol. The highest BCUT2D eigenvalue weighted by molar-refractivity contribution is 5.80. The van der Waals surface area contributed by atoms with E-state index in [0.717, 1.165) is 62.7 Å². The number of anilines is 1. The number of aliphatic carboxylic acids is 1. The summed E-state index contributed by atoms with van der Waals surface area (Å²) in [7, 11) is 0. The van der Waals surface area contributed by atoms with Crippen LogP contribution in [0.2, 0.25) is 0 Å². The van der Waals surface area contributed by atoms with E-state index in [-0.39, 0.29) is 30.3 Å². The molecule has 39 heavy (non-hydrogen) atoms. The standard InChI is InChI=1S/C31H32N2O6/c1-17-10-22(37-15-21-7-9-28(34)33-21)11-18(2)30(17)25-5-3-4-24-26(16-39-31(24)25)32-20-6-8-23-19(12-29(35)36)14-38-27(23)13-20/h3-6,8,10-11,13,19,21,26,32H,7,9,12,14-16H2,1-2H3,(H,33,34)(H,35,36)/t19-,21+,26-/m1/s1. The third-order valence-electron chi connectivity index (χ3n) is 7.78. The summed E-state index contributed by atoms with van der Waals surface area (Å²) < 4.78 is 18.1. The molecule has 0 aromatic heterocycles. The van der Waals surface area contributed by atoms with Gasteiger partial charge in [0, 0.05) is 40.8 Å². The lowest BCUT2D eigenvalue weighted by molar-refractivity contribution is -0.137. The van der Waals surface area contributed by atoms with Crippen molar-refractivity contribution < 1.29 is 28.9 Å². The van der Waals surface area contributed by atoms with Gasteiger partial charge in [0.15, 0.2) is 0 Å². The monoisotopic (exact) mass is 528 g/mol. The molecule has 3 aromatic carbocycles. The van der Waals surface area contributed by atoms with Gasteiger partial charge in [-0.2, -0.15) is 0 Å². The predicted molar refractivity (Wildman–Crippen MR) is 147 cm³/mol. The van der Waals surface area contributed by atoms with E-state index in [2.05, 4.69) is 42.7 Å². The fourth-order valence-electron chi connectivity index (χ4n) is 5.94. The summed E-state index contributed by atoms with van der Waals surface area (Å²) in [5.74, 6) is 1.57. The zero-order valence-electron chi connectivity index (χ0n) is 22.1. The molecule has 3 heterocycles. The van der Waals surface area contributed by atoms with Crippen LogP contribution in [0.1, 0.15) is 53.5 Å². The Morgan fingerprint density at radius 3 is 2.64 bits per heavy atom. The molecule has 3 atom stereocenters. The van der Waals surface area contributed by atoms with Gasteiger partial charge in [-0.05, 0) is 55.2 Å². The molecule has 6 rings (SSSR count). The van der Waals surface area contributed by atoms with E-state index in [4.69, 9.17) is 19.3 Å². The Morgan fingerprint density at radius 1 is 1.08 bits per heavy atom. The van der Waals surface area contributed by atoms with Gasteiger partial charge in [0.2, 0.25) is 5.91 Å². The molecule has 3 aliphatic rings. The summed E-state index contributed by atoms with van der Waals surface area (Å²) in [6, 6.07) is 16.3. The molecule has 8 heteroatoms.